The molecule has 1 saturated heterocycles. The first-order valence-corrected chi connectivity index (χ1v) is 8.42. The van der Waals surface area contributed by atoms with E-state index in [0.717, 1.165) is 25.9 Å². The molecule has 0 aromatic rings. The lowest BCUT2D eigenvalue weighted by Gasteiger charge is -2.23. The van der Waals surface area contributed by atoms with E-state index in [1.165, 1.54) is 4.31 Å². The van der Waals surface area contributed by atoms with Crippen molar-refractivity contribution in [2.45, 2.75) is 45.3 Å². The van der Waals surface area contributed by atoms with Crippen molar-refractivity contribution < 1.29 is 13.2 Å². The highest BCUT2D eigenvalue weighted by molar-refractivity contribution is 7.87. The van der Waals surface area contributed by atoms with E-state index in [0.29, 0.717) is 25.7 Å². The summed E-state index contributed by atoms with van der Waals surface area (Å²) in [7, 11) is -1.77. The largest absolute Gasteiger partial charge is 0.378 e. The maximum atomic E-state index is 11.8. The fourth-order valence-electron chi connectivity index (χ4n) is 1.86. The van der Waals surface area contributed by atoms with E-state index in [9.17, 15) is 8.42 Å². The summed E-state index contributed by atoms with van der Waals surface area (Å²) < 4.78 is 33.2. The fraction of sp³-hybridized carbons (Fsp3) is 1.00. The van der Waals surface area contributed by atoms with Crippen LogP contribution in [-0.2, 0) is 14.9 Å². The average molecular weight is 293 g/mol. The third-order valence-electron chi connectivity index (χ3n) is 3.35. The van der Waals surface area contributed by atoms with E-state index in [-0.39, 0.29) is 6.04 Å². The van der Waals surface area contributed by atoms with Crippen molar-refractivity contribution in [2.75, 3.05) is 33.3 Å². The molecule has 0 spiro atoms. The highest BCUT2D eigenvalue weighted by Crippen LogP contribution is 2.07. The summed E-state index contributed by atoms with van der Waals surface area (Å²) in [6.07, 6.45) is 3.12. The Labute approximate surface area is 117 Å². The smallest absolute Gasteiger partial charge is 0.279 e. The zero-order valence-electron chi connectivity index (χ0n) is 12.2. The minimum absolute atomic E-state index is 0.0384. The van der Waals surface area contributed by atoms with Crippen LogP contribution in [0.5, 0.6) is 0 Å². The van der Waals surface area contributed by atoms with E-state index in [4.69, 9.17) is 4.74 Å². The fourth-order valence-corrected chi connectivity index (χ4v) is 3.03. The van der Waals surface area contributed by atoms with Gasteiger partial charge >= 0.3 is 0 Å². The van der Waals surface area contributed by atoms with Gasteiger partial charge in [-0.3, -0.25) is 0 Å². The van der Waals surface area contributed by atoms with Crippen LogP contribution < -0.4 is 10.0 Å². The second-order valence-corrected chi connectivity index (χ2v) is 7.00. The van der Waals surface area contributed by atoms with Gasteiger partial charge in [0.25, 0.3) is 10.2 Å². The molecule has 0 radical (unpaired) electrons. The summed E-state index contributed by atoms with van der Waals surface area (Å²) in [5, 5.41) is 3.28. The third-order valence-corrected chi connectivity index (χ3v) is 5.10. The van der Waals surface area contributed by atoms with Crippen LogP contribution in [0.4, 0.5) is 0 Å². The van der Waals surface area contributed by atoms with Crippen LogP contribution in [0.2, 0.25) is 0 Å². The number of nitrogens with zero attached hydrogens (tertiary/aromatic N) is 1. The zero-order chi connectivity index (χ0) is 14.3. The standard InChI is InChI=1S/C12H27N3O3S/c1-11(2)15(3)19(16,17)14-7-4-10-18-12-5-8-13-9-6-12/h11-14H,4-10H2,1-3H3. The number of hydrogen-bond acceptors (Lipinski definition) is 4. The lowest BCUT2D eigenvalue weighted by atomic mass is 10.1. The number of piperidine rings is 1. The van der Waals surface area contributed by atoms with Crippen molar-refractivity contribution in [1.29, 1.82) is 0 Å². The molecule has 114 valence electrons. The van der Waals surface area contributed by atoms with Crippen molar-refractivity contribution in [2.24, 2.45) is 0 Å². The van der Waals surface area contributed by atoms with Gasteiger partial charge in [0, 0.05) is 26.2 Å². The van der Waals surface area contributed by atoms with Crippen molar-refractivity contribution in [3.8, 4) is 0 Å². The molecule has 1 heterocycles. The van der Waals surface area contributed by atoms with Gasteiger partial charge in [0.2, 0.25) is 0 Å². The summed E-state index contributed by atoms with van der Waals surface area (Å²) in [6, 6.07) is -0.0384. The lowest BCUT2D eigenvalue weighted by Crippen LogP contribution is -2.42. The first-order chi connectivity index (χ1) is 8.93. The van der Waals surface area contributed by atoms with Crippen molar-refractivity contribution >= 4 is 10.2 Å². The minimum atomic E-state index is -3.35. The second kappa shape index (κ2) is 8.16. The number of ether oxygens (including phenoxy) is 1. The Hall–Kier alpha value is -0.210. The van der Waals surface area contributed by atoms with Gasteiger partial charge in [0.05, 0.1) is 6.10 Å². The topological polar surface area (TPSA) is 70.7 Å². The van der Waals surface area contributed by atoms with Gasteiger partial charge in [0.1, 0.15) is 0 Å². The number of hydrogen-bond donors (Lipinski definition) is 2. The first-order valence-electron chi connectivity index (χ1n) is 6.98. The van der Waals surface area contributed by atoms with Crippen LogP contribution in [0.1, 0.15) is 33.1 Å². The molecule has 1 fully saturated rings. The molecule has 6 nitrogen and oxygen atoms in total. The summed E-state index contributed by atoms with van der Waals surface area (Å²) >= 11 is 0. The molecule has 0 bridgehead atoms. The average Bonchev–Trinajstić information content (AvgIpc) is 2.38. The van der Waals surface area contributed by atoms with Crippen LogP contribution in [0.25, 0.3) is 0 Å². The Bertz CT molecular complexity index is 340. The quantitative estimate of drug-likeness (QED) is 0.632. The maximum absolute atomic E-state index is 11.8. The zero-order valence-corrected chi connectivity index (χ0v) is 13.0. The van der Waals surface area contributed by atoms with Gasteiger partial charge in [-0.25, -0.2) is 4.72 Å². The van der Waals surface area contributed by atoms with Gasteiger partial charge in [-0.2, -0.15) is 12.7 Å². The minimum Gasteiger partial charge on any atom is -0.378 e. The molecular weight excluding hydrogens is 266 g/mol. The molecule has 1 rings (SSSR count). The van der Waals surface area contributed by atoms with E-state index >= 15 is 0 Å². The maximum Gasteiger partial charge on any atom is 0.279 e. The highest BCUT2D eigenvalue weighted by atomic mass is 32.2. The van der Waals surface area contributed by atoms with Crippen LogP contribution in [-0.4, -0.2) is 58.2 Å². The molecule has 0 aliphatic carbocycles. The van der Waals surface area contributed by atoms with Gasteiger partial charge in [0.15, 0.2) is 0 Å². The van der Waals surface area contributed by atoms with Gasteiger partial charge in [-0.05, 0) is 46.2 Å². The van der Waals surface area contributed by atoms with Crippen molar-refractivity contribution in [1.82, 2.24) is 14.3 Å². The van der Waals surface area contributed by atoms with Gasteiger partial charge < -0.3 is 10.1 Å². The van der Waals surface area contributed by atoms with Crippen LogP contribution >= 0.6 is 0 Å². The summed E-state index contributed by atoms with van der Waals surface area (Å²) in [5.41, 5.74) is 0. The predicted octanol–water partition coefficient (Wildman–Crippen LogP) is 0.320. The molecule has 0 aromatic carbocycles. The van der Waals surface area contributed by atoms with Gasteiger partial charge in [-0.15, -0.1) is 0 Å². The molecule has 0 atom stereocenters. The Morgan fingerprint density at radius 2 is 2.00 bits per heavy atom. The van der Waals surface area contributed by atoms with Crippen molar-refractivity contribution in [3.63, 3.8) is 0 Å². The number of nitrogens with one attached hydrogen (secondary N) is 2. The molecule has 19 heavy (non-hydrogen) atoms. The van der Waals surface area contributed by atoms with E-state index < -0.39 is 10.2 Å². The molecule has 1 aliphatic rings. The van der Waals surface area contributed by atoms with Crippen LogP contribution in [0, 0.1) is 0 Å². The Balaban J connectivity index is 2.13. The Morgan fingerprint density at radius 3 is 2.58 bits per heavy atom. The molecule has 7 heteroatoms. The Kier molecular flexibility index (Phi) is 7.23. The monoisotopic (exact) mass is 293 g/mol. The molecule has 0 unspecified atom stereocenters. The second-order valence-electron chi connectivity index (χ2n) is 5.18. The molecule has 0 amide bonds. The number of rotatable bonds is 8. The molecule has 1 aliphatic heterocycles. The molecule has 2 N–H and O–H groups in total. The molecule has 0 saturated carbocycles. The van der Waals surface area contributed by atoms with Crippen LogP contribution in [0.3, 0.4) is 0 Å². The third kappa shape index (κ3) is 6.18. The van der Waals surface area contributed by atoms with E-state index in [1.54, 1.807) is 7.05 Å². The summed E-state index contributed by atoms with van der Waals surface area (Å²) in [4.78, 5) is 0. The molecular formula is C12H27N3O3S. The summed E-state index contributed by atoms with van der Waals surface area (Å²) in [5.74, 6) is 0. The highest BCUT2D eigenvalue weighted by Gasteiger charge is 2.19. The van der Waals surface area contributed by atoms with Crippen LogP contribution in [0.15, 0.2) is 0 Å². The summed E-state index contributed by atoms with van der Waals surface area (Å²) in [6.45, 7) is 6.74. The molecule has 0 aromatic heterocycles. The lowest BCUT2D eigenvalue weighted by molar-refractivity contribution is 0.0322. The normalized spacial score (nSPS) is 18.4. The predicted molar refractivity (Wildman–Crippen MR) is 76.3 cm³/mol. The SMILES string of the molecule is CC(C)N(C)S(=O)(=O)NCCCOC1CCNCC1. The van der Waals surface area contributed by atoms with E-state index in [1.807, 2.05) is 13.8 Å². The van der Waals surface area contributed by atoms with Gasteiger partial charge in [-0.1, -0.05) is 0 Å². The first kappa shape index (κ1) is 16.8. The van der Waals surface area contributed by atoms with Crippen molar-refractivity contribution in [3.05, 3.63) is 0 Å². The van der Waals surface area contributed by atoms with E-state index in [2.05, 4.69) is 10.0 Å². The Morgan fingerprint density at radius 1 is 1.37 bits per heavy atom.